The van der Waals surface area contributed by atoms with E-state index in [1.807, 2.05) is 25.3 Å². The fourth-order valence-electron chi connectivity index (χ4n) is 1.26. The highest BCUT2D eigenvalue weighted by atomic mass is 32.1. The van der Waals surface area contributed by atoms with Gasteiger partial charge in [0.05, 0.1) is 11.9 Å². The SMILES string of the molecule is CCC(S)C(=O)OCCCc1cccnc1. The van der Waals surface area contributed by atoms with Crippen LogP contribution in [0.4, 0.5) is 0 Å². The van der Waals surface area contributed by atoms with Gasteiger partial charge in [-0.25, -0.2) is 0 Å². The third-order valence-electron chi connectivity index (χ3n) is 2.24. The third kappa shape index (κ3) is 4.66. The van der Waals surface area contributed by atoms with Crippen LogP contribution in [0.3, 0.4) is 0 Å². The van der Waals surface area contributed by atoms with Crippen LogP contribution in [-0.4, -0.2) is 22.8 Å². The Kier molecular flexibility index (Phi) is 5.93. The number of rotatable bonds is 6. The minimum Gasteiger partial charge on any atom is -0.465 e. The first-order valence-electron chi connectivity index (χ1n) is 5.47. The lowest BCUT2D eigenvalue weighted by atomic mass is 10.2. The van der Waals surface area contributed by atoms with Gasteiger partial charge in [-0.15, -0.1) is 0 Å². The van der Waals surface area contributed by atoms with Gasteiger partial charge >= 0.3 is 5.97 Å². The van der Waals surface area contributed by atoms with E-state index in [1.54, 1.807) is 6.20 Å². The van der Waals surface area contributed by atoms with E-state index in [0.717, 1.165) is 18.4 Å². The highest BCUT2D eigenvalue weighted by molar-refractivity contribution is 7.81. The summed E-state index contributed by atoms with van der Waals surface area (Å²) in [6.07, 6.45) is 5.97. The summed E-state index contributed by atoms with van der Waals surface area (Å²) in [5.41, 5.74) is 1.16. The average molecular weight is 239 g/mol. The Bertz CT molecular complexity index is 316. The maximum Gasteiger partial charge on any atom is 0.318 e. The molecule has 1 aromatic heterocycles. The number of hydrogen-bond acceptors (Lipinski definition) is 4. The molecular formula is C12H17NO2S. The first kappa shape index (κ1) is 13.0. The summed E-state index contributed by atoms with van der Waals surface area (Å²) in [7, 11) is 0. The van der Waals surface area contributed by atoms with Gasteiger partial charge in [-0.05, 0) is 30.9 Å². The number of nitrogens with zero attached hydrogens (tertiary/aromatic N) is 1. The lowest BCUT2D eigenvalue weighted by Gasteiger charge is -2.08. The Labute approximate surface area is 102 Å². The van der Waals surface area contributed by atoms with Crippen molar-refractivity contribution in [2.24, 2.45) is 0 Å². The standard InChI is InChI=1S/C12H17NO2S/c1-2-11(16)12(14)15-8-4-6-10-5-3-7-13-9-10/h3,5,7,9,11,16H,2,4,6,8H2,1H3. The second-order valence-corrected chi connectivity index (χ2v) is 4.18. The molecule has 0 amide bonds. The normalized spacial score (nSPS) is 12.1. The first-order chi connectivity index (χ1) is 7.74. The number of aryl methyl sites for hydroxylation is 1. The Morgan fingerprint density at radius 1 is 1.62 bits per heavy atom. The van der Waals surface area contributed by atoms with E-state index in [4.69, 9.17) is 4.74 Å². The molecule has 0 saturated carbocycles. The smallest absolute Gasteiger partial charge is 0.318 e. The second-order valence-electron chi connectivity index (χ2n) is 3.56. The molecule has 0 aliphatic heterocycles. The van der Waals surface area contributed by atoms with Crippen molar-refractivity contribution in [3.05, 3.63) is 30.1 Å². The first-order valence-corrected chi connectivity index (χ1v) is 5.99. The molecule has 4 heteroatoms. The van der Waals surface area contributed by atoms with Crippen molar-refractivity contribution in [3.8, 4) is 0 Å². The largest absolute Gasteiger partial charge is 0.465 e. The van der Waals surface area contributed by atoms with Gasteiger partial charge in [-0.3, -0.25) is 9.78 Å². The number of ether oxygens (including phenoxy) is 1. The summed E-state index contributed by atoms with van der Waals surface area (Å²) in [6.45, 7) is 2.36. The number of hydrogen-bond donors (Lipinski definition) is 1. The van der Waals surface area contributed by atoms with Crippen molar-refractivity contribution in [2.75, 3.05) is 6.61 Å². The summed E-state index contributed by atoms with van der Waals surface area (Å²) in [5.74, 6) is -0.225. The number of esters is 1. The van der Waals surface area contributed by atoms with Crippen LogP contribution in [0.25, 0.3) is 0 Å². The second kappa shape index (κ2) is 7.28. The Morgan fingerprint density at radius 3 is 3.06 bits per heavy atom. The van der Waals surface area contributed by atoms with Crippen molar-refractivity contribution in [3.63, 3.8) is 0 Å². The molecule has 1 unspecified atom stereocenters. The Balaban J connectivity index is 2.15. The molecule has 88 valence electrons. The van der Waals surface area contributed by atoms with E-state index in [9.17, 15) is 4.79 Å². The predicted octanol–water partition coefficient (Wildman–Crippen LogP) is 2.27. The quantitative estimate of drug-likeness (QED) is 0.470. The van der Waals surface area contributed by atoms with E-state index < -0.39 is 0 Å². The molecule has 0 aromatic carbocycles. The highest BCUT2D eigenvalue weighted by Gasteiger charge is 2.11. The van der Waals surface area contributed by atoms with Crippen LogP contribution in [0, 0.1) is 0 Å². The number of thiol groups is 1. The van der Waals surface area contributed by atoms with Gasteiger partial charge in [0.2, 0.25) is 0 Å². The van der Waals surface area contributed by atoms with Crippen LogP contribution in [-0.2, 0) is 16.0 Å². The maximum atomic E-state index is 11.3. The van der Waals surface area contributed by atoms with Gasteiger partial charge in [0.15, 0.2) is 0 Å². The van der Waals surface area contributed by atoms with Crippen LogP contribution in [0.5, 0.6) is 0 Å². The monoisotopic (exact) mass is 239 g/mol. The van der Waals surface area contributed by atoms with Crippen molar-refractivity contribution in [2.45, 2.75) is 31.4 Å². The zero-order valence-electron chi connectivity index (χ0n) is 9.43. The Hall–Kier alpha value is -1.03. The molecule has 0 fully saturated rings. The number of pyridine rings is 1. The van der Waals surface area contributed by atoms with E-state index in [1.165, 1.54) is 0 Å². The minimum atomic E-state index is -0.293. The lowest BCUT2D eigenvalue weighted by molar-refractivity contribution is -0.143. The van der Waals surface area contributed by atoms with E-state index in [-0.39, 0.29) is 11.2 Å². The van der Waals surface area contributed by atoms with Gasteiger partial charge in [0.25, 0.3) is 0 Å². The molecule has 0 aliphatic rings. The predicted molar refractivity (Wildman–Crippen MR) is 66.6 cm³/mol. The average Bonchev–Trinajstić information content (AvgIpc) is 2.34. The van der Waals surface area contributed by atoms with Gasteiger partial charge in [0, 0.05) is 12.4 Å². The maximum absolute atomic E-state index is 11.3. The van der Waals surface area contributed by atoms with Crippen LogP contribution >= 0.6 is 12.6 Å². The fraction of sp³-hybridized carbons (Fsp3) is 0.500. The number of carbonyl (C=O) groups excluding carboxylic acids is 1. The molecular weight excluding hydrogens is 222 g/mol. The van der Waals surface area contributed by atoms with Gasteiger partial charge in [-0.1, -0.05) is 13.0 Å². The van der Waals surface area contributed by atoms with Crippen LogP contribution in [0.1, 0.15) is 25.3 Å². The van der Waals surface area contributed by atoms with Gasteiger partial charge in [-0.2, -0.15) is 12.6 Å². The van der Waals surface area contributed by atoms with Crippen molar-refractivity contribution in [1.29, 1.82) is 0 Å². The van der Waals surface area contributed by atoms with Crippen LogP contribution in [0.15, 0.2) is 24.5 Å². The molecule has 3 nitrogen and oxygen atoms in total. The van der Waals surface area contributed by atoms with Crippen molar-refractivity contribution in [1.82, 2.24) is 4.98 Å². The molecule has 0 aliphatic carbocycles. The van der Waals surface area contributed by atoms with E-state index in [0.29, 0.717) is 13.0 Å². The molecule has 0 spiro atoms. The zero-order valence-corrected chi connectivity index (χ0v) is 10.3. The molecule has 16 heavy (non-hydrogen) atoms. The number of carbonyl (C=O) groups is 1. The lowest BCUT2D eigenvalue weighted by Crippen LogP contribution is -2.17. The van der Waals surface area contributed by atoms with Crippen molar-refractivity contribution >= 4 is 18.6 Å². The summed E-state index contributed by atoms with van der Waals surface area (Å²) in [5, 5.41) is -0.293. The molecule has 0 N–H and O–H groups in total. The van der Waals surface area contributed by atoms with Gasteiger partial charge < -0.3 is 4.74 Å². The zero-order chi connectivity index (χ0) is 11.8. The highest BCUT2D eigenvalue weighted by Crippen LogP contribution is 2.05. The fourth-order valence-corrected chi connectivity index (χ4v) is 1.33. The van der Waals surface area contributed by atoms with E-state index in [2.05, 4.69) is 17.6 Å². The minimum absolute atomic E-state index is 0.225. The van der Waals surface area contributed by atoms with Crippen LogP contribution in [0.2, 0.25) is 0 Å². The van der Waals surface area contributed by atoms with Gasteiger partial charge in [0.1, 0.15) is 0 Å². The third-order valence-corrected chi connectivity index (χ3v) is 2.81. The summed E-state index contributed by atoms with van der Waals surface area (Å²) >= 11 is 4.11. The molecule has 1 atom stereocenters. The number of aromatic nitrogens is 1. The molecule has 0 bridgehead atoms. The molecule has 1 rings (SSSR count). The molecule has 0 radical (unpaired) electrons. The molecule has 1 heterocycles. The van der Waals surface area contributed by atoms with E-state index >= 15 is 0 Å². The van der Waals surface area contributed by atoms with Crippen molar-refractivity contribution < 1.29 is 9.53 Å². The summed E-state index contributed by atoms with van der Waals surface area (Å²) in [6, 6.07) is 3.92. The summed E-state index contributed by atoms with van der Waals surface area (Å²) in [4.78, 5) is 15.3. The summed E-state index contributed by atoms with van der Waals surface area (Å²) < 4.78 is 5.08. The van der Waals surface area contributed by atoms with Crippen LogP contribution < -0.4 is 0 Å². The topological polar surface area (TPSA) is 39.2 Å². The molecule has 1 aromatic rings. The Morgan fingerprint density at radius 2 is 2.44 bits per heavy atom. The molecule has 0 saturated heterocycles.